The summed E-state index contributed by atoms with van der Waals surface area (Å²) >= 11 is 0. The van der Waals surface area contributed by atoms with Crippen molar-refractivity contribution in [3.8, 4) is 5.69 Å². The minimum absolute atomic E-state index is 0.150. The van der Waals surface area contributed by atoms with Gasteiger partial charge >= 0.3 is 0 Å². The van der Waals surface area contributed by atoms with Crippen LogP contribution in [0.3, 0.4) is 0 Å². The summed E-state index contributed by atoms with van der Waals surface area (Å²) in [5, 5.41) is 14.1. The molecule has 1 aliphatic rings. The van der Waals surface area contributed by atoms with Crippen LogP contribution in [0.2, 0.25) is 0 Å². The molecule has 1 fully saturated rings. The van der Waals surface area contributed by atoms with Gasteiger partial charge in [-0.25, -0.2) is 13.5 Å². The van der Waals surface area contributed by atoms with Gasteiger partial charge in [-0.3, -0.25) is 4.79 Å². The fourth-order valence-corrected chi connectivity index (χ4v) is 3.58. The lowest BCUT2D eigenvalue weighted by Gasteiger charge is -2.19. The number of amides is 1. The van der Waals surface area contributed by atoms with Crippen molar-refractivity contribution in [2.24, 2.45) is 5.92 Å². The summed E-state index contributed by atoms with van der Waals surface area (Å²) in [5.41, 5.74) is 2.92. The molecular weight excluding hydrogens is 378 g/mol. The van der Waals surface area contributed by atoms with Gasteiger partial charge in [-0.15, -0.1) is 5.10 Å². The van der Waals surface area contributed by atoms with Crippen LogP contribution in [0.1, 0.15) is 22.3 Å². The van der Waals surface area contributed by atoms with Crippen molar-refractivity contribution in [2.75, 3.05) is 24.5 Å². The molecule has 29 heavy (non-hydrogen) atoms. The number of anilines is 1. The molecule has 1 saturated heterocycles. The Balaban J connectivity index is 1.34. The minimum Gasteiger partial charge on any atom is -0.371 e. The van der Waals surface area contributed by atoms with Gasteiger partial charge in [0.05, 0.1) is 5.69 Å². The van der Waals surface area contributed by atoms with Gasteiger partial charge in [0.25, 0.3) is 5.91 Å². The number of rotatable bonds is 5. The summed E-state index contributed by atoms with van der Waals surface area (Å²) < 4.78 is 28.1. The summed E-state index contributed by atoms with van der Waals surface area (Å²) in [6.45, 7) is 3.84. The number of tetrazole rings is 1. The van der Waals surface area contributed by atoms with Gasteiger partial charge in [-0.1, -0.05) is 0 Å². The highest BCUT2D eigenvalue weighted by atomic mass is 19.2. The standard InChI is InChI=1S/C20H20F2N6O/c1-13-8-15(2-5-19(13)28-12-24-25-26-28)20(29)23-10-14-6-7-27(11-14)16-3-4-17(21)18(22)9-16/h2-5,8-9,12,14H,6-7,10-11H2,1H3,(H,23,29). The number of carbonyl (C=O) groups excluding carboxylic acids is 1. The number of nitrogens with one attached hydrogen (secondary N) is 1. The highest BCUT2D eigenvalue weighted by Gasteiger charge is 2.24. The summed E-state index contributed by atoms with van der Waals surface area (Å²) in [4.78, 5) is 14.5. The minimum atomic E-state index is -0.849. The van der Waals surface area contributed by atoms with E-state index in [0.717, 1.165) is 30.3 Å². The molecule has 2 heterocycles. The van der Waals surface area contributed by atoms with Gasteiger partial charge < -0.3 is 10.2 Å². The lowest BCUT2D eigenvalue weighted by atomic mass is 10.1. The van der Waals surface area contributed by atoms with Crippen molar-refractivity contribution in [3.05, 3.63) is 65.5 Å². The predicted octanol–water partition coefficient (Wildman–Crippen LogP) is 2.51. The lowest BCUT2D eigenvalue weighted by Crippen LogP contribution is -2.31. The Morgan fingerprint density at radius 1 is 1.21 bits per heavy atom. The van der Waals surface area contributed by atoms with Crippen molar-refractivity contribution in [1.82, 2.24) is 25.5 Å². The summed E-state index contributed by atoms with van der Waals surface area (Å²) in [6, 6.07) is 9.28. The molecule has 0 bridgehead atoms. The topological polar surface area (TPSA) is 75.9 Å². The van der Waals surface area contributed by atoms with E-state index < -0.39 is 11.6 Å². The molecule has 0 saturated carbocycles. The van der Waals surface area contributed by atoms with Crippen molar-refractivity contribution in [3.63, 3.8) is 0 Å². The highest BCUT2D eigenvalue weighted by Crippen LogP contribution is 2.25. The Hall–Kier alpha value is -3.36. The third-order valence-corrected chi connectivity index (χ3v) is 5.16. The summed E-state index contributed by atoms with van der Waals surface area (Å²) in [5.74, 6) is -1.60. The SMILES string of the molecule is Cc1cc(C(=O)NCC2CCN(c3ccc(F)c(F)c3)C2)ccc1-n1cnnn1. The summed E-state index contributed by atoms with van der Waals surface area (Å²) in [6.07, 6.45) is 2.37. The number of carbonyl (C=O) groups is 1. The molecule has 1 unspecified atom stereocenters. The van der Waals surface area contributed by atoms with E-state index in [-0.39, 0.29) is 11.8 Å². The zero-order valence-corrected chi connectivity index (χ0v) is 15.8. The zero-order valence-electron chi connectivity index (χ0n) is 15.8. The van der Waals surface area contributed by atoms with Crippen LogP contribution in [0.4, 0.5) is 14.5 Å². The quantitative estimate of drug-likeness (QED) is 0.715. The monoisotopic (exact) mass is 398 g/mol. The molecule has 1 aromatic heterocycles. The van der Waals surface area contributed by atoms with Crippen LogP contribution < -0.4 is 10.2 Å². The first-order valence-electron chi connectivity index (χ1n) is 9.33. The van der Waals surface area contributed by atoms with Gasteiger partial charge in [0, 0.05) is 37.0 Å². The second-order valence-electron chi connectivity index (χ2n) is 7.16. The number of hydrogen-bond donors (Lipinski definition) is 1. The molecule has 2 aromatic carbocycles. The molecule has 9 heteroatoms. The average Bonchev–Trinajstić information content (AvgIpc) is 3.40. The first-order chi connectivity index (χ1) is 14.0. The van der Waals surface area contributed by atoms with Crippen molar-refractivity contribution in [1.29, 1.82) is 0 Å². The third-order valence-electron chi connectivity index (χ3n) is 5.16. The Morgan fingerprint density at radius 3 is 2.79 bits per heavy atom. The lowest BCUT2D eigenvalue weighted by molar-refractivity contribution is 0.0948. The number of benzene rings is 2. The maximum atomic E-state index is 13.5. The molecule has 0 radical (unpaired) electrons. The number of halogens is 2. The first-order valence-corrected chi connectivity index (χ1v) is 9.33. The van der Waals surface area contributed by atoms with Gasteiger partial charge in [-0.2, -0.15) is 0 Å². The molecule has 1 aliphatic heterocycles. The number of nitrogens with zero attached hydrogens (tertiary/aromatic N) is 5. The van der Waals surface area contributed by atoms with E-state index >= 15 is 0 Å². The van der Waals surface area contributed by atoms with E-state index in [1.165, 1.54) is 12.4 Å². The average molecular weight is 398 g/mol. The van der Waals surface area contributed by atoms with E-state index in [2.05, 4.69) is 20.8 Å². The normalized spacial score (nSPS) is 16.2. The Labute approximate surface area is 166 Å². The van der Waals surface area contributed by atoms with Crippen LogP contribution in [-0.4, -0.2) is 45.7 Å². The van der Waals surface area contributed by atoms with Gasteiger partial charge in [-0.05, 0) is 65.6 Å². The molecule has 0 aliphatic carbocycles. The van der Waals surface area contributed by atoms with Crippen molar-refractivity contribution < 1.29 is 13.6 Å². The Kier molecular flexibility index (Phi) is 5.20. The van der Waals surface area contributed by atoms with Crippen LogP contribution in [0, 0.1) is 24.5 Å². The van der Waals surface area contributed by atoms with Crippen LogP contribution in [-0.2, 0) is 0 Å². The number of aromatic nitrogens is 4. The van der Waals surface area contributed by atoms with E-state index in [9.17, 15) is 13.6 Å². The number of aryl methyl sites for hydroxylation is 1. The number of hydrogen-bond acceptors (Lipinski definition) is 5. The predicted molar refractivity (Wildman–Crippen MR) is 103 cm³/mol. The molecule has 7 nitrogen and oxygen atoms in total. The van der Waals surface area contributed by atoms with E-state index in [0.29, 0.717) is 24.3 Å². The van der Waals surface area contributed by atoms with Crippen molar-refractivity contribution >= 4 is 11.6 Å². The van der Waals surface area contributed by atoms with Crippen LogP contribution in [0.25, 0.3) is 5.69 Å². The molecule has 0 spiro atoms. The molecule has 1 amide bonds. The fourth-order valence-electron chi connectivity index (χ4n) is 3.58. The summed E-state index contributed by atoms with van der Waals surface area (Å²) in [7, 11) is 0. The second kappa shape index (κ2) is 7.94. The van der Waals surface area contributed by atoms with Crippen molar-refractivity contribution in [2.45, 2.75) is 13.3 Å². The van der Waals surface area contributed by atoms with E-state index in [1.807, 2.05) is 11.8 Å². The third kappa shape index (κ3) is 4.08. The second-order valence-corrected chi connectivity index (χ2v) is 7.16. The van der Waals surface area contributed by atoms with Crippen LogP contribution in [0.5, 0.6) is 0 Å². The molecule has 150 valence electrons. The smallest absolute Gasteiger partial charge is 0.251 e. The van der Waals surface area contributed by atoms with Gasteiger partial charge in [0.1, 0.15) is 6.33 Å². The largest absolute Gasteiger partial charge is 0.371 e. The van der Waals surface area contributed by atoms with Crippen LogP contribution >= 0.6 is 0 Å². The van der Waals surface area contributed by atoms with E-state index in [4.69, 9.17) is 0 Å². The Bertz CT molecular complexity index is 1020. The fraction of sp³-hybridized carbons (Fsp3) is 0.300. The van der Waals surface area contributed by atoms with Gasteiger partial charge in [0.15, 0.2) is 11.6 Å². The molecule has 3 aromatic rings. The highest BCUT2D eigenvalue weighted by molar-refractivity contribution is 5.94. The maximum Gasteiger partial charge on any atom is 0.251 e. The first kappa shape index (κ1) is 19.0. The molecule has 1 atom stereocenters. The Morgan fingerprint density at radius 2 is 2.07 bits per heavy atom. The maximum absolute atomic E-state index is 13.5. The van der Waals surface area contributed by atoms with Crippen LogP contribution in [0.15, 0.2) is 42.7 Å². The molecular formula is C20H20F2N6O. The molecule has 4 rings (SSSR count). The van der Waals surface area contributed by atoms with Gasteiger partial charge in [0.2, 0.25) is 0 Å². The molecule has 1 N–H and O–H groups in total. The zero-order chi connectivity index (χ0) is 20.4. The van der Waals surface area contributed by atoms with E-state index in [1.54, 1.807) is 28.9 Å².